The molecule has 1 saturated heterocycles. The molecule has 21 heavy (non-hydrogen) atoms. The lowest BCUT2D eigenvalue weighted by Crippen LogP contribution is -2.30. The fourth-order valence-corrected chi connectivity index (χ4v) is 2.55. The molecule has 0 bridgehead atoms. The van der Waals surface area contributed by atoms with Crippen molar-refractivity contribution in [3.05, 3.63) is 35.4 Å². The van der Waals surface area contributed by atoms with Gasteiger partial charge in [0.15, 0.2) is 0 Å². The van der Waals surface area contributed by atoms with Crippen LogP contribution in [0, 0.1) is 5.92 Å². The number of carbonyl (C=O) groups is 1. The molecular weight excluding hydrogens is 266 g/mol. The maximum atomic E-state index is 12.4. The van der Waals surface area contributed by atoms with E-state index in [0.29, 0.717) is 18.7 Å². The highest BCUT2D eigenvalue weighted by atomic mass is 16.5. The normalized spacial score (nSPS) is 20.0. The highest BCUT2D eigenvalue weighted by molar-refractivity contribution is 5.94. The Bertz CT molecular complexity index is 467. The predicted octanol–water partition coefficient (Wildman–Crippen LogP) is 2.45. The summed E-state index contributed by atoms with van der Waals surface area (Å²) in [5.74, 6) is 0.252. The van der Waals surface area contributed by atoms with Crippen LogP contribution in [0.2, 0.25) is 0 Å². The number of ether oxygens (including phenoxy) is 1. The third-order valence-electron chi connectivity index (χ3n) is 3.98. The summed E-state index contributed by atoms with van der Waals surface area (Å²) in [6, 6.07) is 7.60. The van der Waals surface area contributed by atoms with Gasteiger partial charge in [-0.15, -0.1) is 0 Å². The summed E-state index contributed by atoms with van der Waals surface area (Å²) in [7, 11) is 0. The number of aliphatic hydroxyl groups is 1. The van der Waals surface area contributed by atoms with Crippen molar-refractivity contribution in [1.29, 1.82) is 0 Å². The molecule has 0 aromatic heterocycles. The number of rotatable bonds is 5. The molecule has 2 rings (SSSR count). The van der Waals surface area contributed by atoms with Crippen LogP contribution in [0.25, 0.3) is 0 Å². The maximum absolute atomic E-state index is 12.4. The lowest BCUT2D eigenvalue weighted by atomic mass is 10.0. The summed E-state index contributed by atoms with van der Waals surface area (Å²) >= 11 is 0. The minimum absolute atomic E-state index is 0.0504. The van der Waals surface area contributed by atoms with Crippen LogP contribution in [0.4, 0.5) is 0 Å². The zero-order valence-corrected chi connectivity index (χ0v) is 13.1. The van der Waals surface area contributed by atoms with Crippen molar-refractivity contribution < 1.29 is 14.6 Å². The summed E-state index contributed by atoms with van der Waals surface area (Å²) in [6.45, 7) is 7.75. The fourth-order valence-electron chi connectivity index (χ4n) is 2.55. The molecule has 0 aliphatic carbocycles. The molecule has 1 heterocycles. The molecule has 4 nitrogen and oxygen atoms in total. The van der Waals surface area contributed by atoms with Crippen LogP contribution in [0.3, 0.4) is 0 Å². The average Bonchev–Trinajstić information content (AvgIpc) is 2.95. The Morgan fingerprint density at radius 3 is 2.52 bits per heavy atom. The van der Waals surface area contributed by atoms with Crippen LogP contribution in [0.1, 0.15) is 43.1 Å². The molecule has 1 N–H and O–H groups in total. The Hall–Kier alpha value is -1.39. The van der Waals surface area contributed by atoms with E-state index < -0.39 is 0 Å². The molecule has 0 radical (unpaired) electrons. The van der Waals surface area contributed by atoms with E-state index in [9.17, 15) is 9.90 Å². The van der Waals surface area contributed by atoms with Crippen LogP contribution in [0.5, 0.6) is 0 Å². The first-order chi connectivity index (χ1) is 9.97. The van der Waals surface area contributed by atoms with Crippen LogP contribution in [-0.2, 0) is 11.3 Å². The molecule has 1 aromatic rings. The van der Waals surface area contributed by atoms with E-state index in [1.54, 1.807) is 6.92 Å². The summed E-state index contributed by atoms with van der Waals surface area (Å²) < 4.78 is 5.55. The molecule has 1 aliphatic heterocycles. The number of amides is 1. The quantitative estimate of drug-likeness (QED) is 0.906. The van der Waals surface area contributed by atoms with E-state index in [4.69, 9.17) is 4.74 Å². The average molecular weight is 291 g/mol. The molecular formula is C17H25NO3. The molecule has 1 fully saturated rings. The highest BCUT2D eigenvalue weighted by Gasteiger charge is 2.29. The lowest BCUT2D eigenvalue weighted by molar-refractivity contribution is 0.0656. The first kappa shape index (κ1) is 16.0. The van der Waals surface area contributed by atoms with Crippen LogP contribution >= 0.6 is 0 Å². The second-order valence-electron chi connectivity index (χ2n) is 6.10. The Kier molecular flexibility index (Phi) is 5.37. The minimum atomic E-state index is -0.349. The number of hydrogen-bond donors (Lipinski definition) is 1. The Labute approximate surface area is 126 Å². The van der Waals surface area contributed by atoms with Crippen LogP contribution in [0.15, 0.2) is 24.3 Å². The van der Waals surface area contributed by atoms with E-state index in [-0.39, 0.29) is 24.0 Å². The van der Waals surface area contributed by atoms with E-state index in [0.717, 1.165) is 18.5 Å². The van der Waals surface area contributed by atoms with E-state index in [2.05, 4.69) is 0 Å². The Morgan fingerprint density at radius 1 is 1.33 bits per heavy atom. The van der Waals surface area contributed by atoms with Gasteiger partial charge in [-0.2, -0.15) is 0 Å². The van der Waals surface area contributed by atoms with E-state index in [1.165, 1.54) is 0 Å². The molecule has 0 spiro atoms. The summed E-state index contributed by atoms with van der Waals surface area (Å²) in [5, 5.41) is 9.61. The summed E-state index contributed by atoms with van der Waals surface area (Å²) in [6.07, 6.45) is 0.732. The number of aliphatic hydroxyl groups excluding tert-OH is 1. The predicted molar refractivity (Wildman–Crippen MR) is 82.1 cm³/mol. The highest BCUT2D eigenvalue weighted by Crippen LogP contribution is 2.21. The van der Waals surface area contributed by atoms with Gasteiger partial charge in [-0.25, -0.2) is 0 Å². The number of carbonyl (C=O) groups excluding carboxylic acids is 1. The standard InChI is InChI=1S/C17H25NO3/c1-12(2)21-11-14-4-6-15(7-5-14)17(20)18-9-8-16(10-18)13(3)19/h4-7,12-13,16,19H,8-11H2,1-3H3. The zero-order chi connectivity index (χ0) is 15.4. The number of benzene rings is 1. The lowest BCUT2D eigenvalue weighted by Gasteiger charge is -2.18. The van der Waals surface area contributed by atoms with Gasteiger partial charge in [-0.05, 0) is 44.9 Å². The van der Waals surface area contributed by atoms with Gasteiger partial charge in [-0.1, -0.05) is 12.1 Å². The van der Waals surface area contributed by atoms with Crippen molar-refractivity contribution in [2.45, 2.75) is 46.0 Å². The topological polar surface area (TPSA) is 49.8 Å². The second kappa shape index (κ2) is 7.05. The van der Waals surface area contributed by atoms with Gasteiger partial charge in [0.25, 0.3) is 5.91 Å². The van der Waals surface area contributed by atoms with E-state index in [1.807, 2.05) is 43.0 Å². The van der Waals surface area contributed by atoms with Crippen molar-refractivity contribution in [3.8, 4) is 0 Å². The van der Waals surface area contributed by atoms with Crippen molar-refractivity contribution in [1.82, 2.24) is 4.90 Å². The van der Waals surface area contributed by atoms with Gasteiger partial charge in [0.1, 0.15) is 0 Å². The SMILES string of the molecule is CC(C)OCc1ccc(C(=O)N2CCC(C(C)O)C2)cc1. The number of hydrogen-bond acceptors (Lipinski definition) is 3. The van der Waals surface area contributed by atoms with E-state index >= 15 is 0 Å². The second-order valence-corrected chi connectivity index (χ2v) is 6.10. The van der Waals surface area contributed by atoms with Crippen LogP contribution < -0.4 is 0 Å². The minimum Gasteiger partial charge on any atom is -0.393 e. The Morgan fingerprint density at radius 2 is 2.00 bits per heavy atom. The third kappa shape index (κ3) is 4.29. The smallest absolute Gasteiger partial charge is 0.253 e. The maximum Gasteiger partial charge on any atom is 0.253 e. The Balaban J connectivity index is 1.94. The molecule has 2 unspecified atom stereocenters. The van der Waals surface area contributed by atoms with Gasteiger partial charge in [0.2, 0.25) is 0 Å². The fraction of sp³-hybridized carbons (Fsp3) is 0.588. The van der Waals surface area contributed by atoms with Crippen molar-refractivity contribution in [2.75, 3.05) is 13.1 Å². The molecule has 2 atom stereocenters. The van der Waals surface area contributed by atoms with Gasteiger partial charge in [0.05, 0.1) is 18.8 Å². The van der Waals surface area contributed by atoms with Crippen LogP contribution in [-0.4, -0.2) is 41.2 Å². The number of likely N-dealkylation sites (tertiary alicyclic amines) is 1. The monoisotopic (exact) mass is 291 g/mol. The molecule has 4 heteroatoms. The largest absolute Gasteiger partial charge is 0.393 e. The summed E-state index contributed by atoms with van der Waals surface area (Å²) in [5.41, 5.74) is 1.78. The molecule has 116 valence electrons. The van der Waals surface area contributed by atoms with Gasteiger partial charge >= 0.3 is 0 Å². The van der Waals surface area contributed by atoms with Gasteiger partial charge in [0, 0.05) is 24.6 Å². The third-order valence-corrected chi connectivity index (χ3v) is 3.98. The first-order valence-electron chi connectivity index (χ1n) is 7.65. The summed E-state index contributed by atoms with van der Waals surface area (Å²) in [4.78, 5) is 14.2. The molecule has 1 aliphatic rings. The number of nitrogens with zero attached hydrogens (tertiary/aromatic N) is 1. The van der Waals surface area contributed by atoms with Crippen molar-refractivity contribution in [3.63, 3.8) is 0 Å². The first-order valence-corrected chi connectivity index (χ1v) is 7.65. The molecule has 0 saturated carbocycles. The van der Waals surface area contributed by atoms with Crippen molar-refractivity contribution >= 4 is 5.91 Å². The molecule has 1 aromatic carbocycles. The van der Waals surface area contributed by atoms with Crippen molar-refractivity contribution in [2.24, 2.45) is 5.92 Å². The van der Waals surface area contributed by atoms with Gasteiger partial charge in [-0.3, -0.25) is 4.79 Å². The molecule has 1 amide bonds. The zero-order valence-electron chi connectivity index (χ0n) is 13.1. The van der Waals surface area contributed by atoms with Gasteiger partial charge < -0.3 is 14.7 Å².